The predicted molar refractivity (Wildman–Crippen MR) is 83.1 cm³/mol. The summed E-state index contributed by atoms with van der Waals surface area (Å²) in [6, 6.07) is 9.17. The van der Waals surface area contributed by atoms with Gasteiger partial charge in [0, 0.05) is 18.4 Å². The summed E-state index contributed by atoms with van der Waals surface area (Å²) in [7, 11) is 0. The highest BCUT2D eigenvalue weighted by molar-refractivity contribution is 5.94. The Morgan fingerprint density at radius 3 is 2.90 bits per heavy atom. The van der Waals surface area contributed by atoms with Crippen LogP contribution in [-0.2, 0) is 11.3 Å². The van der Waals surface area contributed by atoms with Crippen LogP contribution in [-0.4, -0.2) is 17.6 Å². The Kier molecular flexibility index (Phi) is 4.77. The third kappa shape index (κ3) is 3.51. The van der Waals surface area contributed by atoms with Gasteiger partial charge in [0.2, 0.25) is 0 Å². The molecule has 0 bridgehead atoms. The molecule has 0 saturated carbocycles. The summed E-state index contributed by atoms with van der Waals surface area (Å²) in [5.41, 5.74) is 9.16. The molecule has 1 aromatic heterocycles. The van der Waals surface area contributed by atoms with Gasteiger partial charge in [0.15, 0.2) is 0 Å². The molecule has 0 amide bonds. The minimum Gasteiger partial charge on any atom is -0.462 e. The Morgan fingerprint density at radius 1 is 1.33 bits per heavy atom. The van der Waals surface area contributed by atoms with Crippen molar-refractivity contribution in [1.29, 1.82) is 0 Å². The number of rotatable bonds is 5. The molecule has 21 heavy (non-hydrogen) atoms. The monoisotopic (exact) mass is 285 g/mol. The van der Waals surface area contributed by atoms with Crippen molar-refractivity contribution in [3.63, 3.8) is 0 Å². The van der Waals surface area contributed by atoms with E-state index >= 15 is 0 Å². The molecular formula is C16H19N3O2. The van der Waals surface area contributed by atoms with E-state index < -0.39 is 0 Å². The molecule has 0 radical (unpaired) electrons. The Balaban J connectivity index is 2.17. The summed E-state index contributed by atoms with van der Waals surface area (Å²) in [6.45, 7) is 4.62. The van der Waals surface area contributed by atoms with Crippen LogP contribution >= 0.6 is 0 Å². The van der Waals surface area contributed by atoms with Gasteiger partial charge in [-0.3, -0.25) is 0 Å². The summed E-state index contributed by atoms with van der Waals surface area (Å²) in [4.78, 5) is 16.1. The second kappa shape index (κ2) is 6.74. The van der Waals surface area contributed by atoms with Crippen molar-refractivity contribution in [3.8, 4) is 0 Å². The van der Waals surface area contributed by atoms with Crippen LogP contribution in [0.25, 0.3) is 0 Å². The molecule has 0 unspecified atom stereocenters. The number of hydrogen-bond donors (Lipinski definition) is 2. The Morgan fingerprint density at radius 2 is 2.14 bits per heavy atom. The highest BCUT2D eigenvalue weighted by Gasteiger charge is 2.13. The number of hydrogen-bond acceptors (Lipinski definition) is 5. The summed E-state index contributed by atoms with van der Waals surface area (Å²) in [5.74, 6) is 0.134. The molecular weight excluding hydrogens is 266 g/mol. The third-order valence-corrected chi connectivity index (χ3v) is 3.24. The molecule has 0 aliphatic rings. The number of nitrogens with two attached hydrogens (primary N) is 1. The van der Waals surface area contributed by atoms with Gasteiger partial charge >= 0.3 is 5.97 Å². The highest BCUT2D eigenvalue weighted by Crippen LogP contribution is 2.18. The number of nitrogens with zero attached hydrogens (tertiary/aromatic N) is 1. The molecule has 2 aromatic rings. The summed E-state index contributed by atoms with van der Waals surface area (Å²) < 4.78 is 5.02. The molecule has 1 aromatic carbocycles. The minimum atomic E-state index is -0.377. The zero-order valence-electron chi connectivity index (χ0n) is 12.2. The van der Waals surface area contributed by atoms with Crippen molar-refractivity contribution in [1.82, 2.24) is 4.98 Å². The van der Waals surface area contributed by atoms with Crippen LogP contribution in [0.5, 0.6) is 0 Å². The van der Waals surface area contributed by atoms with Gasteiger partial charge in [0.05, 0.1) is 6.61 Å². The first-order chi connectivity index (χ1) is 10.1. The molecule has 0 saturated heterocycles. The van der Waals surface area contributed by atoms with Gasteiger partial charge in [-0.15, -0.1) is 0 Å². The molecule has 2 rings (SSSR count). The first-order valence-corrected chi connectivity index (χ1v) is 6.83. The number of nitrogens with one attached hydrogen (secondary N) is 1. The largest absolute Gasteiger partial charge is 0.462 e. The van der Waals surface area contributed by atoms with Gasteiger partial charge in [-0.1, -0.05) is 12.1 Å². The van der Waals surface area contributed by atoms with E-state index in [4.69, 9.17) is 10.5 Å². The van der Waals surface area contributed by atoms with Crippen LogP contribution in [0.1, 0.15) is 28.4 Å². The number of carbonyl (C=O) groups excluding carboxylic acids is 1. The Labute approximate surface area is 124 Å². The fraction of sp³-hybridized carbons (Fsp3) is 0.250. The van der Waals surface area contributed by atoms with Crippen LogP contribution in [0.3, 0.4) is 0 Å². The van der Waals surface area contributed by atoms with Crippen LogP contribution in [0, 0.1) is 6.92 Å². The fourth-order valence-electron chi connectivity index (χ4n) is 1.99. The molecule has 0 fully saturated rings. The first kappa shape index (κ1) is 14.8. The normalized spacial score (nSPS) is 10.2. The molecule has 1 heterocycles. The standard InChI is InChI=1S/C16H19N3O2/c1-3-21-16(20)13-7-5-9-18-15(13)19-10-12-6-4-8-14(17)11(12)2/h4-9H,3,10,17H2,1-2H3,(H,18,19). The molecule has 0 atom stereocenters. The smallest absolute Gasteiger partial charge is 0.341 e. The molecule has 110 valence electrons. The topological polar surface area (TPSA) is 77.2 Å². The minimum absolute atomic E-state index is 0.335. The number of benzene rings is 1. The van der Waals surface area contributed by atoms with Gasteiger partial charge in [-0.25, -0.2) is 9.78 Å². The zero-order chi connectivity index (χ0) is 15.2. The number of aromatic nitrogens is 1. The number of carbonyl (C=O) groups is 1. The van der Waals surface area contributed by atoms with Crippen molar-refractivity contribution in [3.05, 3.63) is 53.2 Å². The van der Waals surface area contributed by atoms with Crippen molar-refractivity contribution >= 4 is 17.5 Å². The van der Waals surface area contributed by atoms with Crippen molar-refractivity contribution < 1.29 is 9.53 Å². The highest BCUT2D eigenvalue weighted by atomic mass is 16.5. The van der Waals surface area contributed by atoms with E-state index in [1.54, 1.807) is 25.3 Å². The van der Waals surface area contributed by atoms with Crippen molar-refractivity contribution in [2.24, 2.45) is 0 Å². The number of nitrogen functional groups attached to an aromatic ring is 1. The van der Waals surface area contributed by atoms with Crippen LogP contribution < -0.4 is 11.1 Å². The molecule has 0 aliphatic carbocycles. The Bertz CT molecular complexity index is 641. The quantitative estimate of drug-likeness (QED) is 0.652. The molecule has 5 nitrogen and oxygen atoms in total. The van der Waals surface area contributed by atoms with E-state index in [1.807, 2.05) is 25.1 Å². The van der Waals surface area contributed by atoms with Crippen molar-refractivity contribution in [2.45, 2.75) is 20.4 Å². The van der Waals surface area contributed by atoms with E-state index in [0.29, 0.717) is 24.5 Å². The van der Waals surface area contributed by atoms with Crippen LogP contribution in [0.2, 0.25) is 0 Å². The zero-order valence-corrected chi connectivity index (χ0v) is 12.2. The lowest BCUT2D eigenvalue weighted by atomic mass is 10.1. The summed E-state index contributed by atoms with van der Waals surface area (Å²) in [5, 5.41) is 3.17. The second-order valence-electron chi connectivity index (χ2n) is 4.60. The molecule has 3 N–H and O–H groups in total. The van der Waals surface area contributed by atoms with Gasteiger partial charge < -0.3 is 15.8 Å². The van der Waals surface area contributed by atoms with Crippen molar-refractivity contribution in [2.75, 3.05) is 17.7 Å². The molecule has 0 spiro atoms. The van der Waals surface area contributed by atoms with E-state index in [-0.39, 0.29) is 5.97 Å². The van der Waals surface area contributed by atoms with Gasteiger partial charge in [-0.05, 0) is 43.2 Å². The van der Waals surface area contributed by atoms with Gasteiger partial charge in [0.25, 0.3) is 0 Å². The number of pyridine rings is 1. The molecule has 0 aliphatic heterocycles. The third-order valence-electron chi connectivity index (χ3n) is 3.24. The lowest BCUT2D eigenvalue weighted by molar-refractivity contribution is 0.0527. The average molecular weight is 285 g/mol. The van der Waals surface area contributed by atoms with Gasteiger partial charge in [0.1, 0.15) is 11.4 Å². The summed E-state index contributed by atoms with van der Waals surface area (Å²) in [6.07, 6.45) is 1.64. The first-order valence-electron chi connectivity index (χ1n) is 6.83. The predicted octanol–water partition coefficient (Wildman–Crippen LogP) is 2.76. The van der Waals surface area contributed by atoms with Gasteiger partial charge in [-0.2, -0.15) is 0 Å². The maximum Gasteiger partial charge on any atom is 0.341 e. The fourth-order valence-corrected chi connectivity index (χ4v) is 1.99. The van der Waals surface area contributed by atoms with E-state index in [0.717, 1.165) is 16.8 Å². The molecule has 5 heteroatoms. The lowest BCUT2D eigenvalue weighted by Gasteiger charge is -2.12. The average Bonchev–Trinajstić information content (AvgIpc) is 2.49. The van der Waals surface area contributed by atoms with Crippen LogP contribution in [0.15, 0.2) is 36.5 Å². The second-order valence-corrected chi connectivity index (χ2v) is 4.60. The number of ether oxygens (including phenoxy) is 1. The maximum atomic E-state index is 11.9. The Hall–Kier alpha value is -2.56. The number of esters is 1. The van der Waals surface area contributed by atoms with E-state index in [1.165, 1.54) is 0 Å². The van der Waals surface area contributed by atoms with Crippen LogP contribution in [0.4, 0.5) is 11.5 Å². The van der Waals surface area contributed by atoms with E-state index in [2.05, 4.69) is 10.3 Å². The SMILES string of the molecule is CCOC(=O)c1cccnc1NCc1cccc(N)c1C. The summed E-state index contributed by atoms with van der Waals surface area (Å²) >= 11 is 0. The van der Waals surface area contributed by atoms with E-state index in [9.17, 15) is 4.79 Å². The lowest BCUT2D eigenvalue weighted by Crippen LogP contribution is -2.11. The maximum absolute atomic E-state index is 11.9. The number of anilines is 2.